The van der Waals surface area contributed by atoms with Crippen LogP contribution in [0, 0.1) is 11.8 Å². The maximum atomic E-state index is 2.51. The average Bonchev–Trinajstić information content (AvgIpc) is 2.75. The Bertz CT molecular complexity index is 733. The fraction of sp³-hybridized carbons (Fsp3) is 0.500. The van der Waals surface area contributed by atoms with E-state index in [-0.39, 0.29) is 0 Å². The van der Waals surface area contributed by atoms with Gasteiger partial charge in [0.15, 0.2) is 0 Å². The van der Waals surface area contributed by atoms with E-state index in [1.165, 1.54) is 80.0 Å². The molecule has 0 aromatic heterocycles. The first-order valence-electron chi connectivity index (χ1n) is 11.6. The van der Waals surface area contributed by atoms with Crippen molar-refractivity contribution in [3.8, 4) is 11.1 Å². The molecular formula is C28H38. The summed E-state index contributed by atoms with van der Waals surface area (Å²) in [5.74, 6) is 1.77. The molecule has 0 saturated heterocycles. The highest BCUT2D eigenvalue weighted by Gasteiger charge is 2.17. The van der Waals surface area contributed by atoms with Gasteiger partial charge in [0.2, 0.25) is 0 Å². The molecule has 0 aliphatic heterocycles. The smallest absolute Gasteiger partial charge is 0.0184 e. The largest absolute Gasteiger partial charge is 0.0804 e. The van der Waals surface area contributed by atoms with E-state index in [0.29, 0.717) is 0 Å². The minimum absolute atomic E-state index is 0.872. The van der Waals surface area contributed by atoms with Crippen LogP contribution in [0.2, 0.25) is 0 Å². The van der Waals surface area contributed by atoms with Gasteiger partial charge in [-0.2, -0.15) is 0 Å². The van der Waals surface area contributed by atoms with Gasteiger partial charge in [-0.15, -0.1) is 0 Å². The van der Waals surface area contributed by atoms with Gasteiger partial charge in [-0.25, -0.2) is 0 Å². The normalized spacial score (nSPS) is 18.0. The molecule has 0 heteroatoms. The van der Waals surface area contributed by atoms with Crippen molar-refractivity contribution in [2.75, 3.05) is 0 Å². The van der Waals surface area contributed by atoms with E-state index < -0.39 is 0 Å². The molecule has 0 N–H and O–H groups in total. The van der Waals surface area contributed by atoms with Gasteiger partial charge in [0.25, 0.3) is 0 Å². The second kappa shape index (κ2) is 10.6. The topological polar surface area (TPSA) is 0 Å². The van der Waals surface area contributed by atoms with E-state index in [0.717, 1.165) is 11.8 Å². The van der Waals surface area contributed by atoms with Crippen molar-refractivity contribution < 1.29 is 0 Å². The molecule has 150 valence electrons. The zero-order valence-corrected chi connectivity index (χ0v) is 18.2. The number of hydrogen-bond donors (Lipinski definition) is 0. The molecule has 1 aliphatic carbocycles. The van der Waals surface area contributed by atoms with Crippen LogP contribution in [-0.2, 0) is 6.42 Å². The van der Waals surface area contributed by atoms with Gasteiger partial charge in [0.05, 0.1) is 0 Å². The lowest BCUT2D eigenvalue weighted by molar-refractivity contribution is 0.362. The first-order chi connectivity index (χ1) is 13.7. The lowest BCUT2D eigenvalue weighted by Crippen LogP contribution is -2.09. The molecule has 3 rings (SSSR count). The maximum Gasteiger partial charge on any atom is -0.0184 e. The molecule has 2 aromatic rings. The van der Waals surface area contributed by atoms with Gasteiger partial charge < -0.3 is 0 Å². The van der Waals surface area contributed by atoms with Crippen molar-refractivity contribution in [1.82, 2.24) is 0 Å². The van der Waals surface area contributed by atoms with Gasteiger partial charge in [-0.3, -0.25) is 0 Å². The van der Waals surface area contributed by atoms with Crippen LogP contribution in [0.25, 0.3) is 16.7 Å². The summed E-state index contributed by atoms with van der Waals surface area (Å²) in [6.07, 6.45) is 14.2. The summed E-state index contributed by atoms with van der Waals surface area (Å²) in [5, 5.41) is 0. The molecular weight excluding hydrogens is 336 g/mol. The molecule has 2 unspecified atom stereocenters. The number of hydrogen-bond acceptors (Lipinski definition) is 0. The van der Waals surface area contributed by atoms with Crippen molar-refractivity contribution in [3.63, 3.8) is 0 Å². The summed E-state index contributed by atoms with van der Waals surface area (Å²) in [6, 6.07) is 18.4. The van der Waals surface area contributed by atoms with Crippen molar-refractivity contribution in [3.05, 3.63) is 65.7 Å². The molecule has 0 bridgehead atoms. The summed E-state index contributed by atoms with van der Waals surface area (Å²) in [5.41, 5.74) is 7.10. The molecule has 2 aromatic carbocycles. The zero-order valence-electron chi connectivity index (χ0n) is 18.2. The molecule has 0 nitrogen and oxygen atoms in total. The number of unbranched alkanes of at least 4 members (excludes halogenated alkanes) is 2. The zero-order chi connectivity index (χ0) is 19.8. The highest BCUT2D eigenvalue weighted by atomic mass is 14.2. The van der Waals surface area contributed by atoms with Crippen molar-refractivity contribution >= 4 is 5.57 Å². The molecule has 1 aliphatic rings. The van der Waals surface area contributed by atoms with Crippen LogP contribution < -0.4 is 0 Å². The van der Waals surface area contributed by atoms with Crippen LogP contribution in [-0.4, -0.2) is 0 Å². The molecule has 0 fully saturated rings. The summed E-state index contributed by atoms with van der Waals surface area (Å²) in [6.45, 7) is 6.98. The Morgan fingerprint density at radius 1 is 0.857 bits per heavy atom. The number of allylic oxidation sites excluding steroid dienone is 2. The first-order valence-corrected chi connectivity index (χ1v) is 11.6. The van der Waals surface area contributed by atoms with Gasteiger partial charge in [0, 0.05) is 0 Å². The Morgan fingerprint density at radius 2 is 1.50 bits per heavy atom. The standard InChI is InChI=1S/C28H38/c1-4-6-7-8-23-9-13-25(14-10-23)27-17-19-28(20-18-27)26-15-11-24(12-16-26)21-22(3)5-2/h9-10,13-15,17-20,22,24H,4-8,11-12,16,21H2,1-3H3. The molecule has 0 amide bonds. The molecule has 0 spiro atoms. The second-order valence-corrected chi connectivity index (χ2v) is 8.85. The van der Waals surface area contributed by atoms with Crippen LogP contribution in [0.4, 0.5) is 0 Å². The van der Waals surface area contributed by atoms with E-state index in [1.54, 1.807) is 5.57 Å². The van der Waals surface area contributed by atoms with Crippen LogP contribution >= 0.6 is 0 Å². The van der Waals surface area contributed by atoms with Crippen molar-refractivity contribution in [2.45, 2.75) is 78.6 Å². The predicted molar refractivity (Wildman–Crippen MR) is 124 cm³/mol. The van der Waals surface area contributed by atoms with Gasteiger partial charge in [-0.1, -0.05) is 94.6 Å². The van der Waals surface area contributed by atoms with Gasteiger partial charge >= 0.3 is 0 Å². The van der Waals surface area contributed by atoms with Crippen molar-refractivity contribution in [1.29, 1.82) is 0 Å². The van der Waals surface area contributed by atoms with E-state index in [1.807, 2.05) is 0 Å². The molecule has 0 saturated carbocycles. The molecule has 2 atom stereocenters. The fourth-order valence-corrected chi connectivity index (χ4v) is 4.42. The van der Waals surface area contributed by atoms with E-state index in [9.17, 15) is 0 Å². The third-order valence-electron chi connectivity index (χ3n) is 6.56. The molecule has 0 radical (unpaired) electrons. The Morgan fingerprint density at radius 3 is 2.07 bits per heavy atom. The minimum atomic E-state index is 0.872. The highest BCUT2D eigenvalue weighted by molar-refractivity contribution is 5.71. The summed E-state index contributed by atoms with van der Waals surface area (Å²) in [7, 11) is 0. The third-order valence-corrected chi connectivity index (χ3v) is 6.56. The Balaban J connectivity index is 1.59. The Hall–Kier alpha value is -1.82. The van der Waals surface area contributed by atoms with Crippen LogP contribution in [0.3, 0.4) is 0 Å². The highest BCUT2D eigenvalue weighted by Crippen LogP contribution is 2.34. The summed E-state index contributed by atoms with van der Waals surface area (Å²) >= 11 is 0. The molecule has 0 heterocycles. The Labute approximate surface area is 173 Å². The van der Waals surface area contributed by atoms with E-state index in [4.69, 9.17) is 0 Å². The maximum absolute atomic E-state index is 2.51. The van der Waals surface area contributed by atoms with Crippen molar-refractivity contribution in [2.24, 2.45) is 11.8 Å². The fourth-order valence-electron chi connectivity index (χ4n) is 4.42. The Kier molecular flexibility index (Phi) is 7.95. The third kappa shape index (κ3) is 5.84. The van der Waals surface area contributed by atoms with Crippen LogP contribution in [0.5, 0.6) is 0 Å². The number of rotatable bonds is 9. The second-order valence-electron chi connectivity index (χ2n) is 8.85. The monoisotopic (exact) mass is 374 g/mol. The SMILES string of the molecule is CCCCCc1ccc(-c2ccc(C3=CCC(CC(C)CC)CC3)cc2)cc1. The molecule has 28 heavy (non-hydrogen) atoms. The van der Waals surface area contributed by atoms with Crippen LogP contribution in [0.1, 0.15) is 83.3 Å². The van der Waals surface area contributed by atoms with Crippen LogP contribution in [0.15, 0.2) is 54.6 Å². The summed E-state index contributed by atoms with van der Waals surface area (Å²) in [4.78, 5) is 0. The average molecular weight is 375 g/mol. The summed E-state index contributed by atoms with van der Waals surface area (Å²) < 4.78 is 0. The van der Waals surface area contributed by atoms with Gasteiger partial charge in [-0.05, 0) is 78.2 Å². The van der Waals surface area contributed by atoms with E-state index >= 15 is 0 Å². The van der Waals surface area contributed by atoms with Gasteiger partial charge in [0.1, 0.15) is 0 Å². The minimum Gasteiger partial charge on any atom is -0.0804 e. The quantitative estimate of drug-likeness (QED) is 0.385. The van der Waals surface area contributed by atoms with E-state index in [2.05, 4.69) is 75.4 Å². The first kappa shape index (κ1) is 20.9. The lowest BCUT2D eigenvalue weighted by Gasteiger charge is -2.24. The number of benzene rings is 2. The lowest BCUT2D eigenvalue weighted by atomic mass is 9.81. The number of aryl methyl sites for hydroxylation is 1. The predicted octanol–water partition coefficient (Wildman–Crippen LogP) is 8.71.